The van der Waals surface area contributed by atoms with E-state index in [0.29, 0.717) is 11.7 Å². The first kappa shape index (κ1) is 13.7. The number of rotatable bonds is 6. The first-order valence-corrected chi connectivity index (χ1v) is 6.88. The Balaban J connectivity index is 2.54. The fourth-order valence-corrected chi connectivity index (χ4v) is 2.86. The highest BCUT2D eigenvalue weighted by Gasteiger charge is 2.37. The highest BCUT2D eigenvalue weighted by Crippen LogP contribution is 2.35. The Morgan fingerprint density at radius 1 is 1.31 bits per heavy atom. The maximum Gasteiger partial charge on any atom is 0.139 e. The van der Waals surface area contributed by atoms with Crippen LogP contribution in [0, 0.1) is 11.3 Å². The Labute approximate surface area is 100 Å². The second kappa shape index (κ2) is 6.39. The summed E-state index contributed by atoms with van der Waals surface area (Å²) in [5.74, 6) is 1.09. The topological polar surface area (TPSA) is 29.1 Å². The maximum atomic E-state index is 12.4. The van der Waals surface area contributed by atoms with Crippen LogP contribution in [0.2, 0.25) is 0 Å². The van der Waals surface area contributed by atoms with E-state index in [1.54, 1.807) is 0 Å². The minimum Gasteiger partial charge on any atom is -0.317 e. The van der Waals surface area contributed by atoms with Crippen LogP contribution in [0.4, 0.5) is 0 Å². The molecule has 2 heteroatoms. The molecular formula is C14H27NO. The van der Waals surface area contributed by atoms with E-state index >= 15 is 0 Å². The number of carbonyl (C=O) groups excluding carboxylic acids is 1. The van der Waals surface area contributed by atoms with Crippen LogP contribution in [-0.2, 0) is 4.79 Å². The molecule has 0 radical (unpaired) electrons. The van der Waals surface area contributed by atoms with Gasteiger partial charge in [-0.05, 0) is 38.3 Å². The van der Waals surface area contributed by atoms with E-state index in [1.165, 1.54) is 12.8 Å². The lowest BCUT2D eigenvalue weighted by atomic mass is 9.71. The summed E-state index contributed by atoms with van der Waals surface area (Å²) in [4.78, 5) is 12.4. The molecule has 0 spiro atoms. The average Bonchev–Trinajstić information content (AvgIpc) is 2.30. The molecule has 1 rings (SSSR count). The van der Waals surface area contributed by atoms with Gasteiger partial charge in [-0.2, -0.15) is 0 Å². The molecule has 0 aliphatic carbocycles. The Morgan fingerprint density at radius 3 is 2.44 bits per heavy atom. The zero-order chi connectivity index (χ0) is 12.0. The third-order valence-corrected chi connectivity index (χ3v) is 4.14. The van der Waals surface area contributed by atoms with Gasteiger partial charge in [0, 0.05) is 11.8 Å². The number of nitrogens with one attached hydrogen (secondary N) is 1. The summed E-state index contributed by atoms with van der Waals surface area (Å²) in [6, 6.07) is 0. The minimum absolute atomic E-state index is 0.00719. The lowest BCUT2D eigenvalue weighted by Crippen LogP contribution is -2.42. The summed E-state index contributed by atoms with van der Waals surface area (Å²) in [6.45, 7) is 8.62. The minimum atomic E-state index is 0.00719. The van der Waals surface area contributed by atoms with Crippen molar-refractivity contribution >= 4 is 5.78 Å². The monoisotopic (exact) mass is 225 g/mol. The van der Waals surface area contributed by atoms with E-state index in [-0.39, 0.29) is 5.41 Å². The lowest BCUT2D eigenvalue weighted by molar-refractivity contribution is -0.131. The van der Waals surface area contributed by atoms with E-state index in [0.717, 1.165) is 38.8 Å². The van der Waals surface area contributed by atoms with Crippen LogP contribution in [0.3, 0.4) is 0 Å². The average molecular weight is 225 g/mol. The van der Waals surface area contributed by atoms with Gasteiger partial charge in [0.25, 0.3) is 0 Å². The molecule has 0 saturated carbocycles. The number of carbonyl (C=O) groups is 1. The van der Waals surface area contributed by atoms with Gasteiger partial charge in [0.2, 0.25) is 0 Å². The van der Waals surface area contributed by atoms with Gasteiger partial charge in [0.15, 0.2) is 0 Å². The quantitative estimate of drug-likeness (QED) is 0.752. The van der Waals surface area contributed by atoms with Gasteiger partial charge >= 0.3 is 0 Å². The summed E-state index contributed by atoms with van der Waals surface area (Å²) in [7, 11) is 0. The SMILES string of the molecule is CCCC(C)CC(=O)C1(CC)CCNCC1. The molecule has 1 N–H and O–H groups in total. The number of Topliss-reactive ketones (excluding diaryl/α,β-unsaturated/α-hetero) is 1. The van der Waals surface area contributed by atoms with Crippen molar-refractivity contribution in [3.8, 4) is 0 Å². The molecule has 0 aromatic heterocycles. The van der Waals surface area contributed by atoms with Crippen molar-refractivity contribution in [3.05, 3.63) is 0 Å². The first-order valence-electron chi connectivity index (χ1n) is 6.88. The molecule has 1 atom stereocenters. The lowest BCUT2D eigenvalue weighted by Gasteiger charge is -2.36. The normalized spacial score (nSPS) is 21.7. The molecule has 1 aliphatic heterocycles. The number of ketones is 1. The van der Waals surface area contributed by atoms with Crippen molar-refractivity contribution in [2.75, 3.05) is 13.1 Å². The standard InChI is InChI=1S/C14H27NO/c1-4-6-12(3)11-13(16)14(5-2)7-9-15-10-8-14/h12,15H,4-11H2,1-3H3. The predicted molar refractivity (Wildman–Crippen MR) is 68.5 cm³/mol. The smallest absolute Gasteiger partial charge is 0.139 e. The Bertz CT molecular complexity index is 219. The van der Waals surface area contributed by atoms with Crippen molar-refractivity contribution in [2.45, 2.75) is 59.3 Å². The Morgan fingerprint density at radius 2 is 1.94 bits per heavy atom. The summed E-state index contributed by atoms with van der Waals surface area (Å²) >= 11 is 0. The van der Waals surface area contributed by atoms with Crippen LogP contribution in [0.1, 0.15) is 59.3 Å². The molecule has 94 valence electrons. The fraction of sp³-hybridized carbons (Fsp3) is 0.929. The maximum absolute atomic E-state index is 12.4. The predicted octanol–water partition coefficient (Wildman–Crippen LogP) is 3.16. The summed E-state index contributed by atoms with van der Waals surface area (Å²) < 4.78 is 0. The molecule has 0 bridgehead atoms. The van der Waals surface area contributed by atoms with Gasteiger partial charge in [0.05, 0.1) is 0 Å². The van der Waals surface area contributed by atoms with Gasteiger partial charge < -0.3 is 5.32 Å². The molecule has 0 amide bonds. The number of hydrogen-bond donors (Lipinski definition) is 1. The number of hydrogen-bond acceptors (Lipinski definition) is 2. The van der Waals surface area contributed by atoms with Crippen molar-refractivity contribution in [1.82, 2.24) is 5.32 Å². The molecule has 1 heterocycles. The largest absolute Gasteiger partial charge is 0.317 e. The number of piperidine rings is 1. The third-order valence-electron chi connectivity index (χ3n) is 4.14. The van der Waals surface area contributed by atoms with Gasteiger partial charge in [-0.15, -0.1) is 0 Å². The van der Waals surface area contributed by atoms with Gasteiger partial charge in [-0.25, -0.2) is 0 Å². The molecule has 0 aromatic carbocycles. The molecule has 1 aliphatic rings. The zero-order valence-electron chi connectivity index (χ0n) is 11.1. The summed E-state index contributed by atoms with van der Waals surface area (Å²) in [5, 5.41) is 3.35. The molecular weight excluding hydrogens is 198 g/mol. The first-order chi connectivity index (χ1) is 7.64. The highest BCUT2D eigenvalue weighted by molar-refractivity contribution is 5.85. The van der Waals surface area contributed by atoms with Gasteiger partial charge in [-0.1, -0.05) is 33.6 Å². The van der Waals surface area contributed by atoms with Crippen molar-refractivity contribution in [3.63, 3.8) is 0 Å². The van der Waals surface area contributed by atoms with Gasteiger partial charge in [-0.3, -0.25) is 4.79 Å². The zero-order valence-corrected chi connectivity index (χ0v) is 11.1. The van der Waals surface area contributed by atoms with E-state index in [4.69, 9.17) is 0 Å². The highest BCUT2D eigenvalue weighted by atomic mass is 16.1. The van der Waals surface area contributed by atoms with Crippen molar-refractivity contribution < 1.29 is 4.79 Å². The third kappa shape index (κ3) is 3.31. The molecule has 0 aromatic rings. The Kier molecular flexibility index (Phi) is 5.47. The van der Waals surface area contributed by atoms with E-state index in [1.807, 2.05) is 0 Å². The van der Waals surface area contributed by atoms with E-state index in [2.05, 4.69) is 26.1 Å². The van der Waals surface area contributed by atoms with Crippen LogP contribution in [-0.4, -0.2) is 18.9 Å². The fourth-order valence-electron chi connectivity index (χ4n) is 2.86. The van der Waals surface area contributed by atoms with Crippen molar-refractivity contribution in [2.24, 2.45) is 11.3 Å². The van der Waals surface area contributed by atoms with E-state index < -0.39 is 0 Å². The Hall–Kier alpha value is -0.370. The second-order valence-corrected chi connectivity index (χ2v) is 5.41. The molecule has 1 saturated heterocycles. The van der Waals surface area contributed by atoms with E-state index in [9.17, 15) is 4.79 Å². The van der Waals surface area contributed by atoms with Crippen LogP contribution in [0.5, 0.6) is 0 Å². The van der Waals surface area contributed by atoms with Crippen LogP contribution in [0.15, 0.2) is 0 Å². The van der Waals surface area contributed by atoms with Gasteiger partial charge in [0.1, 0.15) is 5.78 Å². The molecule has 16 heavy (non-hydrogen) atoms. The molecule has 1 fully saturated rings. The summed E-state index contributed by atoms with van der Waals surface area (Å²) in [6.07, 6.45) is 6.27. The molecule has 2 nitrogen and oxygen atoms in total. The van der Waals surface area contributed by atoms with Crippen LogP contribution >= 0.6 is 0 Å². The van der Waals surface area contributed by atoms with Crippen molar-refractivity contribution in [1.29, 1.82) is 0 Å². The van der Waals surface area contributed by atoms with Crippen LogP contribution in [0.25, 0.3) is 0 Å². The summed E-state index contributed by atoms with van der Waals surface area (Å²) in [5.41, 5.74) is 0.00719. The second-order valence-electron chi connectivity index (χ2n) is 5.41. The van der Waals surface area contributed by atoms with Crippen LogP contribution < -0.4 is 5.32 Å². The molecule has 1 unspecified atom stereocenters.